The minimum Gasteiger partial charge on any atom is -0.489 e. The highest BCUT2D eigenvalue weighted by Gasteiger charge is 2.03. The van der Waals surface area contributed by atoms with Gasteiger partial charge >= 0.3 is 0 Å². The molecule has 0 spiro atoms. The number of nitrogens with one attached hydrogen (secondary N) is 2. The van der Waals surface area contributed by atoms with Crippen molar-refractivity contribution in [2.45, 2.75) is 20.1 Å². The van der Waals surface area contributed by atoms with E-state index < -0.39 is 0 Å². The minimum absolute atomic E-state index is 0.0850. The van der Waals surface area contributed by atoms with E-state index in [9.17, 15) is 9.18 Å². The first kappa shape index (κ1) is 19.4. The summed E-state index contributed by atoms with van der Waals surface area (Å²) in [5.41, 5.74) is 3.94. The van der Waals surface area contributed by atoms with Gasteiger partial charge in [-0.1, -0.05) is 48.0 Å². The first-order chi connectivity index (χ1) is 13.6. The number of carbonyl (C=O) groups is 1. The molecule has 0 radical (unpaired) electrons. The molecule has 5 heteroatoms. The molecule has 0 aliphatic heterocycles. The Morgan fingerprint density at radius 3 is 2.43 bits per heavy atom. The molecule has 4 nitrogen and oxygen atoms in total. The summed E-state index contributed by atoms with van der Waals surface area (Å²) in [6, 6.07) is 21.7. The molecule has 3 aromatic carbocycles. The molecule has 0 aromatic heterocycles. The molecule has 0 aliphatic rings. The lowest BCUT2D eigenvalue weighted by Crippen LogP contribution is -2.29. The minimum atomic E-state index is -0.268. The van der Waals surface area contributed by atoms with E-state index in [2.05, 4.69) is 10.6 Å². The molecule has 0 unspecified atom stereocenters. The molecule has 0 bridgehead atoms. The number of hydrogen-bond donors (Lipinski definition) is 2. The monoisotopic (exact) mass is 378 g/mol. The van der Waals surface area contributed by atoms with Gasteiger partial charge in [0.05, 0.1) is 6.54 Å². The molecule has 1 amide bonds. The van der Waals surface area contributed by atoms with Gasteiger partial charge in [-0.25, -0.2) is 4.39 Å². The molecule has 0 saturated carbocycles. The van der Waals surface area contributed by atoms with E-state index in [0.717, 1.165) is 16.8 Å². The number of carbonyl (C=O) groups excluding carboxylic acids is 1. The van der Waals surface area contributed by atoms with Gasteiger partial charge in [0.15, 0.2) is 0 Å². The van der Waals surface area contributed by atoms with Gasteiger partial charge in [0.1, 0.15) is 18.2 Å². The summed E-state index contributed by atoms with van der Waals surface area (Å²) >= 11 is 0. The smallest absolute Gasteiger partial charge is 0.239 e. The van der Waals surface area contributed by atoms with Crippen molar-refractivity contribution >= 4 is 11.6 Å². The van der Waals surface area contributed by atoms with Crippen LogP contribution in [-0.4, -0.2) is 12.5 Å². The van der Waals surface area contributed by atoms with Crippen molar-refractivity contribution in [3.05, 3.63) is 95.3 Å². The van der Waals surface area contributed by atoms with E-state index in [0.29, 0.717) is 18.9 Å². The molecule has 0 aliphatic carbocycles. The second-order valence-electron chi connectivity index (χ2n) is 6.56. The molecule has 2 N–H and O–H groups in total. The Balaban J connectivity index is 1.45. The van der Waals surface area contributed by atoms with Gasteiger partial charge in [-0.05, 0) is 42.3 Å². The topological polar surface area (TPSA) is 50.4 Å². The van der Waals surface area contributed by atoms with Crippen molar-refractivity contribution in [1.82, 2.24) is 5.32 Å². The molecule has 144 valence electrons. The van der Waals surface area contributed by atoms with Crippen LogP contribution >= 0.6 is 0 Å². The quantitative estimate of drug-likeness (QED) is 0.609. The number of benzene rings is 3. The van der Waals surface area contributed by atoms with E-state index in [4.69, 9.17) is 4.74 Å². The van der Waals surface area contributed by atoms with Gasteiger partial charge in [-0.2, -0.15) is 0 Å². The molecule has 0 fully saturated rings. The summed E-state index contributed by atoms with van der Waals surface area (Å²) in [5.74, 6) is 0.322. The van der Waals surface area contributed by atoms with Crippen LogP contribution in [-0.2, 0) is 17.9 Å². The second-order valence-corrected chi connectivity index (χ2v) is 6.56. The zero-order valence-corrected chi connectivity index (χ0v) is 15.7. The lowest BCUT2D eigenvalue weighted by Gasteiger charge is -2.11. The lowest BCUT2D eigenvalue weighted by molar-refractivity contribution is -0.119. The maximum atomic E-state index is 12.9. The van der Waals surface area contributed by atoms with Crippen molar-refractivity contribution in [3.8, 4) is 5.75 Å². The maximum absolute atomic E-state index is 12.9. The molecular weight excluding hydrogens is 355 g/mol. The summed E-state index contributed by atoms with van der Waals surface area (Å²) in [4.78, 5) is 12.0. The predicted octanol–water partition coefficient (Wildman–Crippen LogP) is 4.44. The summed E-state index contributed by atoms with van der Waals surface area (Å²) in [7, 11) is 0. The zero-order valence-electron chi connectivity index (χ0n) is 15.7. The van der Waals surface area contributed by atoms with Gasteiger partial charge in [0.2, 0.25) is 5.91 Å². The van der Waals surface area contributed by atoms with Crippen LogP contribution < -0.4 is 15.4 Å². The highest BCUT2D eigenvalue weighted by atomic mass is 19.1. The third-order valence-electron chi connectivity index (χ3n) is 4.22. The predicted molar refractivity (Wildman–Crippen MR) is 109 cm³/mol. The van der Waals surface area contributed by atoms with Crippen molar-refractivity contribution in [3.63, 3.8) is 0 Å². The summed E-state index contributed by atoms with van der Waals surface area (Å²) in [6.45, 7) is 3.05. The van der Waals surface area contributed by atoms with E-state index in [1.165, 1.54) is 17.7 Å². The number of amides is 1. The van der Waals surface area contributed by atoms with Crippen molar-refractivity contribution < 1.29 is 13.9 Å². The van der Waals surface area contributed by atoms with Gasteiger partial charge in [-0.15, -0.1) is 0 Å². The second kappa shape index (κ2) is 9.55. The van der Waals surface area contributed by atoms with E-state index in [-0.39, 0.29) is 18.3 Å². The van der Waals surface area contributed by atoms with Crippen LogP contribution in [0.4, 0.5) is 10.1 Å². The van der Waals surface area contributed by atoms with Crippen molar-refractivity contribution in [2.24, 2.45) is 0 Å². The normalized spacial score (nSPS) is 10.4. The van der Waals surface area contributed by atoms with Crippen LogP contribution in [0.1, 0.15) is 16.7 Å². The fourth-order valence-electron chi connectivity index (χ4n) is 2.59. The van der Waals surface area contributed by atoms with Gasteiger partial charge in [0.25, 0.3) is 0 Å². The van der Waals surface area contributed by atoms with Crippen LogP contribution in [0.2, 0.25) is 0 Å². The molecule has 3 aromatic rings. The number of hydrogen-bond acceptors (Lipinski definition) is 3. The number of aryl methyl sites for hydroxylation is 1. The first-order valence-electron chi connectivity index (χ1n) is 9.12. The average molecular weight is 378 g/mol. The van der Waals surface area contributed by atoms with Crippen LogP contribution in [0.15, 0.2) is 72.8 Å². The Kier molecular flexibility index (Phi) is 6.63. The highest BCUT2D eigenvalue weighted by molar-refractivity contribution is 5.80. The van der Waals surface area contributed by atoms with Crippen LogP contribution in [0, 0.1) is 12.7 Å². The summed E-state index contributed by atoms with van der Waals surface area (Å²) in [6.07, 6.45) is 0. The van der Waals surface area contributed by atoms with Crippen LogP contribution in [0.25, 0.3) is 0 Å². The van der Waals surface area contributed by atoms with Gasteiger partial charge in [0, 0.05) is 18.3 Å². The Hall–Kier alpha value is -3.34. The number of halogens is 1. The molecule has 0 heterocycles. The first-order valence-corrected chi connectivity index (χ1v) is 9.12. The molecule has 28 heavy (non-hydrogen) atoms. The van der Waals surface area contributed by atoms with E-state index >= 15 is 0 Å². The van der Waals surface area contributed by atoms with E-state index in [1.807, 2.05) is 55.5 Å². The average Bonchev–Trinajstić information content (AvgIpc) is 2.72. The summed E-state index contributed by atoms with van der Waals surface area (Å²) < 4.78 is 18.7. The number of rotatable bonds is 8. The zero-order chi connectivity index (χ0) is 19.8. The third kappa shape index (κ3) is 6.13. The summed E-state index contributed by atoms with van der Waals surface area (Å²) in [5, 5.41) is 5.99. The van der Waals surface area contributed by atoms with E-state index in [1.54, 1.807) is 12.1 Å². The molecular formula is C23H23FN2O2. The largest absolute Gasteiger partial charge is 0.489 e. The SMILES string of the molecule is Cc1ccc(CNC(=O)CNc2cccc(OCc3ccc(F)cc3)c2)cc1. The van der Waals surface area contributed by atoms with Crippen molar-refractivity contribution in [1.29, 1.82) is 0 Å². The molecule has 3 rings (SSSR count). The Labute approximate surface area is 164 Å². The van der Waals surface area contributed by atoms with Crippen molar-refractivity contribution in [2.75, 3.05) is 11.9 Å². The molecule has 0 saturated heterocycles. The number of ether oxygens (including phenoxy) is 1. The maximum Gasteiger partial charge on any atom is 0.239 e. The van der Waals surface area contributed by atoms with Gasteiger partial charge in [-0.3, -0.25) is 4.79 Å². The molecule has 0 atom stereocenters. The Morgan fingerprint density at radius 1 is 0.964 bits per heavy atom. The fraction of sp³-hybridized carbons (Fsp3) is 0.174. The van der Waals surface area contributed by atoms with Crippen LogP contribution in [0.5, 0.6) is 5.75 Å². The Morgan fingerprint density at radius 2 is 1.68 bits per heavy atom. The highest BCUT2D eigenvalue weighted by Crippen LogP contribution is 2.18. The fourth-order valence-corrected chi connectivity index (χ4v) is 2.59. The van der Waals surface area contributed by atoms with Crippen LogP contribution in [0.3, 0.4) is 0 Å². The standard InChI is InChI=1S/C23H23FN2O2/c1-17-5-7-18(8-6-17)14-26-23(27)15-25-21-3-2-4-22(13-21)28-16-19-9-11-20(24)12-10-19/h2-13,25H,14-16H2,1H3,(H,26,27). The van der Waals surface area contributed by atoms with Gasteiger partial charge < -0.3 is 15.4 Å². The number of anilines is 1. The Bertz CT molecular complexity index is 909. The third-order valence-corrected chi connectivity index (χ3v) is 4.22. The lowest BCUT2D eigenvalue weighted by atomic mass is 10.1.